The summed E-state index contributed by atoms with van der Waals surface area (Å²) in [5.41, 5.74) is 1.13. The van der Waals surface area contributed by atoms with Crippen LogP contribution in [0.1, 0.15) is 31.1 Å². The summed E-state index contributed by atoms with van der Waals surface area (Å²) in [7, 11) is 0. The van der Waals surface area contributed by atoms with Gasteiger partial charge in [-0.05, 0) is 41.9 Å². The van der Waals surface area contributed by atoms with E-state index in [1.807, 2.05) is 13.8 Å². The molecule has 114 valence electrons. The molecule has 1 aromatic carbocycles. The molecule has 4 nitrogen and oxygen atoms in total. The van der Waals surface area contributed by atoms with Gasteiger partial charge in [-0.25, -0.2) is 0 Å². The SMILES string of the molecule is CCOc1cc(Cl)c(C(O)c2ccoc2Br)cc1OCC. The summed E-state index contributed by atoms with van der Waals surface area (Å²) in [5, 5.41) is 10.9. The molecule has 0 amide bonds. The van der Waals surface area contributed by atoms with Crippen LogP contribution in [0.15, 0.2) is 33.5 Å². The van der Waals surface area contributed by atoms with Crippen LogP contribution in [0.4, 0.5) is 0 Å². The molecule has 1 atom stereocenters. The Morgan fingerprint density at radius 1 is 1.19 bits per heavy atom. The van der Waals surface area contributed by atoms with Gasteiger partial charge in [-0.2, -0.15) is 0 Å². The van der Waals surface area contributed by atoms with Gasteiger partial charge in [0.2, 0.25) is 0 Å². The summed E-state index contributed by atoms with van der Waals surface area (Å²) < 4.78 is 16.7. The first-order valence-electron chi connectivity index (χ1n) is 6.58. The molecule has 0 spiro atoms. The van der Waals surface area contributed by atoms with E-state index in [9.17, 15) is 5.11 Å². The summed E-state index contributed by atoms with van der Waals surface area (Å²) >= 11 is 9.51. The highest BCUT2D eigenvalue weighted by Crippen LogP contribution is 2.39. The van der Waals surface area contributed by atoms with Crippen molar-refractivity contribution in [1.82, 2.24) is 0 Å². The minimum absolute atomic E-state index is 0.405. The van der Waals surface area contributed by atoms with Crippen molar-refractivity contribution in [3.63, 3.8) is 0 Å². The molecule has 1 heterocycles. The second kappa shape index (κ2) is 7.20. The Morgan fingerprint density at radius 2 is 1.81 bits per heavy atom. The molecule has 0 bridgehead atoms. The van der Waals surface area contributed by atoms with Crippen LogP contribution in [0.3, 0.4) is 0 Å². The molecular formula is C15H16BrClO4. The number of hydrogen-bond donors (Lipinski definition) is 1. The first-order valence-corrected chi connectivity index (χ1v) is 7.75. The van der Waals surface area contributed by atoms with Crippen LogP contribution >= 0.6 is 27.5 Å². The second-order valence-corrected chi connectivity index (χ2v) is 5.37. The Labute approximate surface area is 136 Å². The molecule has 1 unspecified atom stereocenters. The zero-order valence-electron chi connectivity index (χ0n) is 11.7. The van der Waals surface area contributed by atoms with Crippen molar-refractivity contribution in [2.75, 3.05) is 13.2 Å². The predicted molar refractivity (Wildman–Crippen MR) is 84.3 cm³/mol. The van der Waals surface area contributed by atoms with E-state index >= 15 is 0 Å². The molecule has 6 heteroatoms. The minimum atomic E-state index is -0.916. The number of benzene rings is 1. The molecule has 1 N–H and O–H groups in total. The smallest absolute Gasteiger partial charge is 0.175 e. The standard InChI is InChI=1S/C15H16BrClO4/c1-3-19-12-7-10(11(17)8-13(12)20-4-2)14(18)9-5-6-21-15(9)16/h5-8,14,18H,3-4H2,1-2H3. The molecule has 0 radical (unpaired) electrons. The molecule has 1 aromatic heterocycles. The van der Waals surface area contributed by atoms with Crippen LogP contribution in [0.5, 0.6) is 11.5 Å². The third-order valence-corrected chi connectivity index (χ3v) is 3.87. The monoisotopic (exact) mass is 374 g/mol. The van der Waals surface area contributed by atoms with E-state index in [0.29, 0.717) is 45.5 Å². The van der Waals surface area contributed by atoms with Crippen molar-refractivity contribution >= 4 is 27.5 Å². The van der Waals surface area contributed by atoms with Gasteiger partial charge in [-0.15, -0.1) is 0 Å². The fourth-order valence-electron chi connectivity index (χ4n) is 1.96. The van der Waals surface area contributed by atoms with Gasteiger partial charge in [0.1, 0.15) is 6.10 Å². The van der Waals surface area contributed by atoms with Crippen LogP contribution in [-0.2, 0) is 0 Å². The lowest BCUT2D eigenvalue weighted by Crippen LogP contribution is -2.04. The molecular weight excluding hydrogens is 360 g/mol. The number of aliphatic hydroxyl groups is 1. The van der Waals surface area contributed by atoms with E-state index in [1.165, 1.54) is 6.26 Å². The average molecular weight is 376 g/mol. The predicted octanol–water partition coefficient (Wildman–Crippen LogP) is 4.57. The van der Waals surface area contributed by atoms with E-state index in [4.69, 9.17) is 25.5 Å². The van der Waals surface area contributed by atoms with Gasteiger partial charge in [0, 0.05) is 17.2 Å². The highest BCUT2D eigenvalue weighted by Gasteiger charge is 2.21. The van der Waals surface area contributed by atoms with Crippen LogP contribution < -0.4 is 9.47 Å². The Morgan fingerprint density at radius 3 is 2.33 bits per heavy atom. The Kier molecular flexibility index (Phi) is 5.56. The average Bonchev–Trinajstić information content (AvgIpc) is 2.87. The minimum Gasteiger partial charge on any atom is -0.490 e. The van der Waals surface area contributed by atoms with Crippen molar-refractivity contribution in [3.8, 4) is 11.5 Å². The second-order valence-electron chi connectivity index (χ2n) is 4.24. The molecule has 21 heavy (non-hydrogen) atoms. The molecule has 0 saturated carbocycles. The third kappa shape index (κ3) is 3.54. The van der Waals surface area contributed by atoms with Gasteiger partial charge in [0.15, 0.2) is 16.2 Å². The first kappa shape index (κ1) is 16.2. The van der Waals surface area contributed by atoms with Gasteiger partial charge >= 0.3 is 0 Å². The molecule has 0 saturated heterocycles. The van der Waals surface area contributed by atoms with Crippen LogP contribution in [-0.4, -0.2) is 18.3 Å². The van der Waals surface area contributed by atoms with Gasteiger partial charge in [-0.3, -0.25) is 0 Å². The lowest BCUT2D eigenvalue weighted by Gasteiger charge is -2.17. The van der Waals surface area contributed by atoms with Crippen molar-refractivity contribution in [1.29, 1.82) is 0 Å². The van der Waals surface area contributed by atoms with Gasteiger partial charge in [0.05, 0.1) is 24.5 Å². The molecule has 2 rings (SSSR count). The van der Waals surface area contributed by atoms with E-state index < -0.39 is 6.10 Å². The van der Waals surface area contributed by atoms with E-state index in [1.54, 1.807) is 18.2 Å². The summed E-state index contributed by atoms with van der Waals surface area (Å²) in [6.07, 6.45) is 0.578. The summed E-state index contributed by atoms with van der Waals surface area (Å²) in [6.45, 7) is 4.76. The maximum absolute atomic E-state index is 10.5. The Balaban J connectivity index is 2.44. The zero-order chi connectivity index (χ0) is 15.4. The maximum atomic E-state index is 10.5. The Bertz CT molecular complexity index is 612. The number of hydrogen-bond acceptors (Lipinski definition) is 4. The topological polar surface area (TPSA) is 51.8 Å². The number of halogens is 2. The lowest BCUT2D eigenvalue weighted by atomic mass is 10.0. The maximum Gasteiger partial charge on any atom is 0.175 e. The van der Waals surface area contributed by atoms with E-state index in [2.05, 4.69) is 15.9 Å². The van der Waals surface area contributed by atoms with E-state index in [0.717, 1.165) is 0 Å². The number of ether oxygens (including phenoxy) is 2. The number of furan rings is 1. The summed E-state index contributed by atoms with van der Waals surface area (Å²) in [6, 6.07) is 5.03. The largest absolute Gasteiger partial charge is 0.490 e. The summed E-state index contributed by atoms with van der Waals surface area (Å²) in [5.74, 6) is 1.11. The third-order valence-electron chi connectivity index (χ3n) is 2.90. The highest BCUT2D eigenvalue weighted by atomic mass is 79.9. The normalized spacial score (nSPS) is 12.2. The van der Waals surface area contributed by atoms with Gasteiger partial charge < -0.3 is 19.0 Å². The van der Waals surface area contributed by atoms with Crippen LogP contribution in [0.2, 0.25) is 5.02 Å². The quantitative estimate of drug-likeness (QED) is 0.803. The van der Waals surface area contributed by atoms with Crippen molar-refractivity contribution in [3.05, 3.63) is 45.3 Å². The van der Waals surface area contributed by atoms with Crippen LogP contribution in [0.25, 0.3) is 0 Å². The van der Waals surface area contributed by atoms with Crippen LogP contribution in [0, 0.1) is 0 Å². The first-order chi connectivity index (χ1) is 10.1. The fourth-order valence-corrected chi connectivity index (χ4v) is 2.68. The number of aliphatic hydroxyl groups excluding tert-OH is 1. The molecule has 0 fully saturated rings. The van der Waals surface area contributed by atoms with Crippen molar-refractivity contribution in [2.45, 2.75) is 20.0 Å². The zero-order valence-corrected chi connectivity index (χ0v) is 14.1. The van der Waals surface area contributed by atoms with Gasteiger partial charge in [-0.1, -0.05) is 11.6 Å². The molecule has 0 aliphatic heterocycles. The molecule has 0 aliphatic rings. The fraction of sp³-hybridized carbons (Fsp3) is 0.333. The van der Waals surface area contributed by atoms with Crippen molar-refractivity contribution in [2.24, 2.45) is 0 Å². The van der Waals surface area contributed by atoms with Crippen molar-refractivity contribution < 1.29 is 19.0 Å². The molecule has 2 aromatic rings. The number of rotatable bonds is 6. The lowest BCUT2D eigenvalue weighted by molar-refractivity contribution is 0.216. The Hall–Kier alpha value is -1.17. The van der Waals surface area contributed by atoms with E-state index in [-0.39, 0.29) is 0 Å². The van der Waals surface area contributed by atoms with Gasteiger partial charge in [0.25, 0.3) is 0 Å². The highest BCUT2D eigenvalue weighted by molar-refractivity contribution is 9.10. The molecule has 0 aliphatic carbocycles. The summed E-state index contributed by atoms with van der Waals surface area (Å²) in [4.78, 5) is 0.